The second kappa shape index (κ2) is 7.37. The van der Waals surface area contributed by atoms with Crippen molar-refractivity contribution in [2.45, 2.75) is 46.5 Å². The maximum absolute atomic E-state index is 2.38. The number of hydrogen-bond donors (Lipinski definition) is 0. The number of nitrogens with zero attached hydrogens (tertiary/aromatic N) is 1. The highest BCUT2D eigenvalue weighted by molar-refractivity contribution is 4.60. The fourth-order valence-electron chi connectivity index (χ4n) is 1.92. The van der Waals surface area contributed by atoms with E-state index in [0.717, 1.165) is 11.8 Å². The van der Waals surface area contributed by atoms with Gasteiger partial charge in [0.25, 0.3) is 0 Å². The van der Waals surface area contributed by atoms with Gasteiger partial charge in [-0.25, -0.2) is 0 Å². The summed E-state index contributed by atoms with van der Waals surface area (Å²) in [6, 6.07) is 0. The minimum Gasteiger partial charge on any atom is -0.309 e. The van der Waals surface area contributed by atoms with E-state index in [2.05, 4.69) is 39.8 Å². The van der Waals surface area contributed by atoms with Gasteiger partial charge in [-0.1, -0.05) is 40.0 Å². The molecule has 0 bridgehead atoms. The maximum atomic E-state index is 2.38. The highest BCUT2D eigenvalue weighted by Gasteiger charge is 2.06. The van der Waals surface area contributed by atoms with Gasteiger partial charge in [0.05, 0.1) is 0 Å². The third kappa shape index (κ3) is 8.29. The molecule has 1 heteroatoms. The van der Waals surface area contributed by atoms with Crippen LogP contribution in [0.25, 0.3) is 0 Å². The molecular weight excluding hydrogens is 158 g/mol. The van der Waals surface area contributed by atoms with Gasteiger partial charge < -0.3 is 4.90 Å². The van der Waals surface area contributed by atoms with Crippen LogP contribution in [0.3, 0.4) is 0 Å². The van der Waals surface area contributed by atoms with E-state index in [-0.39, 0.29) is 0 Å². The summed E-state index contributed by atoms with van der Waals surface area (Å²) in [6.07, 6.45) is 5.53. The lowest BCUT2D eigenvalue weighted by Gasteiger charge is -2.18. The molecule has 0 aliphatic carbocycles. The molecule has 0 aliphatic heterocycles. The molecule has 0 rings (SSSR count). The Balaban J connectivity index is 3.40. The summed E-state index contributed by atoms with van der Waals surface area (Å²) in [4.78, 5) is 2.29. The van der Waals surface area contributed by atoms with Crippen molar-refractivity contribution in [2.24, 2.45) is 11.8 Å². The van der Waals surface area contributed by atoms with Gasteiger partial charge in [0.1, 0.15) is 0 Å². The van der Waals surface area contributed by atoms with Gasteiger partial charge in [0.2, 0.25) is 0 Å². The van der Waals surface area contributed by atoms with Crippen molar-refractivity contribution in [1.82, 2.24) is 4.90 Å². The summed E-state index contributed by atoms with van der Waals surface area (Å²) >= 11 is 0. The minimum atomic E-state index is 0.856. The molecule has 0 saturated heterocycles. The number of rotatable bonds is 7. The van der Waals surface area contributed by atoms with Crippen molar-refractivity contribution in [3.05, 3.63) is 0 Å². The van der Waals surface area contributed by atoms with Gasteiger partial charge in [-0.3, -0.25) is 0 Å². The fourth-order valence-corrected chi connectivity index (χ4v) is 1.92. The normalized spacial score (nSPS) is 16.2. The molecule has 0 spiro atoms. The summed E-state index contributed by atoms with van der Waals surface area (Å²) in [5.41, 5.74) is 0. The second-order valence-corrected chi connectivity index (χ2v) is 4.84. The first-order chi connectivity index (χ1) is 6.06. The van der Waals surface area contributed by atoms with Crippen molar-refractivity contribution >= 4 is 0 Å². The van der Waals surface area contributed by atoms with Crippen LogP contribution in [0.2, 0.25) is 0 Å². The van der Waals surface area contributed by atoms with E-state index in [1.807, 2.05) is 0 Å². The van der Waals surface area contributed by atoms with E-state index < -0.39 is 0 Å². The zero-order valence-corrected chi connectivity index (χ0v) is 10.1. The molecule has 0 aromatic carbocycles. The number of hydrogen-bond acceptors (Lipinski definition) is 1. The Morgan fingerprint density at radius 2 is 1.46 bits per heavy atom. The molecule has 0 aliphatic rings. The molecule has 0 N–H and O–H groups in total. The fraction of sp³-hybridized carbons (Fsp3) is 1.00. The van der Waals surface area contributed by atoms with Gasteiger partial charge in [-0.2, -0.15) is 0 Å². The zero-order chi connectivity index (χ0) is 10.3. The maximum Gasteiger partial charge on any atom is 0.0000921 e. The van der Waals surface area contributed by atoms with E-state index in [0.29, 0.717) is 0 Å². The molecular formula is C12H27N. The van der Waals surface area contributed by atoms with Gasteiger partial charge in [-0.15, -0.1) is 0 Å². The summed E-state index contributed by atoms with van der Waals surface area (Å²) in [5, 5.41) is 0. The Morgan fingerprint density at radius 3 is 1.92 bits per heavy atom. The standard InChI is InChI=1S/C12H27N/c1-6-7-11(2)8-9-12(3)10-13(4)5/h11-12H,6-10H2,1-5H3/t11-,12-/m0/s1. The first kappa shape index (κ1) is 13.0. The van der Waals surface area contributed by atoms with Gasteiger partial charge in [0, 0.05) is 6.54 Å². The lowest BCUT2D eigenvalue weighted by atomic mass is 9.95. The Bertz CT molecular complexity index is 110. The molecule has 0 radical (unpaired) electrons. The largest absolute Gasteiger partial charge is 0.309 e. The minimum absolute atomic E-state index is 0.856. The third-order valence-corrected chi connectivity index (χ3v) is 2.61. The lowest BCUT2D eigenvalue weighted by Crippen LogP contribution is -2.20. The topological polar surface area (TPSA) is 3.24 Å². The monoisotopic (exact) mass is 185 g/mol. The van der Waals surface area contributed by atoms with E-state index in [9.17, 15) is 0 Å². The van der Waals surface area contributed by atoms with Crippen LogP contribution < -0.4 is 0 Å². The Hall–Kier alpha value is -0.0400. The molecule has 0 unspecified atom stereocenters. The quantitative estimate of drug-likeness (QED) is 0.587. The van der Waals surface area contributed by atoms with Crippen LogP contribution in [0.15, 0.2) is 0 Å². The van der Waals surface area contributed by atoms with Crippen LogP contribution in [0, 0.1) is 11.8 Å². The van der Waals surface area contributed by atoms with Crippen LogP contribution in [-0.4, -0.2) is 25.5 Å². The molecule has 13 heavy (non-hydrogen) atoms. The average Bonchev–Trinajstić information content (AvgIpc) is 2.00. The van der Waals surface area contributed by atoms with Crippen LogP contribution in [0.5, 0.6) is 0 Å². The molecule has 0 heterocycles. The van der Waals surface area contributed by atoms with E-state index in [1.54, 1.807) is 0 Å². The van der Waals surface area contributed by atoms with Crippen molar-refractivity contribution in [2.75, 3.05) is 20.6 Å². The van der Waals surface area contributed by atoms with E-state index in [1.165, 1.54) is 32.2 Å². The molecule has 80 valence electrons. The van der Waals surface area contributed by atoms with E-state index in [4.69, 9.17) is 0 Å². The van der Waals surface area contributed by atoms with E-state index >= 15 is 0 Å². The smallest absolute Gasteiger partial charge is 0.0000921 e. The van der Waals surface area contributed by atoms with Crippen LogP contribution in [0.1, 0.15) is 46.5 Å². The van der Waals surface area contributed by atoms with Crippen molar-refractivity contribution in [1.29, 1.82) is 0 Å². The van der Waals surface area contributed by atoms with Gasteiger partial charge >= 0.3 is 0 Å². The Morgan fingerprint density at radius 1 is 0.923 bits per heavy atom. The van der Waals surface area contributed by atoms with Gasteiger partial charge in [-0.05, 0) is 32.4 Å². The highest BCUT2D eigenvalue weighted by Crippen LogP contribution is 2.16. The Kier molecular flexibility index (Phi) is 7.35. The second-order valence-electron chi connectivity index (χ2n) is 4.84. The molecule has 0 amide bonds. The first-order valence-corrected chi connectivity index (χ1v) is 5.71. The van der Waals surface area contributed by atoms with Crippen molar-refractivity contribution < 1.29 is 0 Å². The van der Waals surface area contributed by atoms with Crippen LogP contribution in [-0.2, 0) is 0 Å². The zero-order valence-electron chi connectivity index (χ0n) is 10.1. The molecule has 0 aromatic heterocycles. The van der Waals surface area contributed by atoms with Crippen LogP contribution >= 0.6 is 0 Å². The average molecular weight is 185 g/mol. The third-order valence-electron chi connectivity index (χ3n) is 2.61. The summed E-state index contributed by atoms with van der Waals surface area (Å²) in [6.45, 7) is 8.25. The molecule has 1 nitrogen and oxygen atoms in total. The molecule has 0 aromatic rings. The van der Waals surface area contributed by atoms with Crippen molar-refractivity contribution in [3.63, 3.8) is 0 Å². The van der Waals surface area contributed by atoms with Gasteiger partial charge in [0.15, 0.2) is 0 Å². The SMILES string of the molecule is CCC[C@H](C)CC[C@H](C)CN(C)C. The van der Waals surface area contributed by atoms with Crippen LogP contribution in [0.4, 0.5) is 0 Å². The predicted molar refractivity (Wildman–Crippen MR) is 61.0 cm³/mol. The first-order valence-electron chi connectivity index (χ1n) is 5.71. The predicted octanol–water partition coefficient (Wildman–Crippen LogP) is 3.40. The van der Waals surface area contributed by atoms with Crippen molar-refractivity contribution in [3.8, 4) is 0 Å². The molecule has 2 atom stereocenters. The molecule has 0 fully saturated rings. The summed E-state index contributed by atoms with van der Waals surface area (Å²) in [5.74, 6) is 1.78. The highest BCUT2D eigenvalue weighted by atomic mass is 15.1. The Labute approximate surface area is 84.5 Å². The lowest BCUT2D eigenvalue weighted by molar-refractivity contribution is 0.308. The summed E-state index contributed by atoms with van der Waals surface area (Å²) < 4.78 is 0. The summed E-state index contributed by atoms with van der Waals surface area (Å²) in [7, 11) is 4.32. The molecule has 0 saturated carbocycles.